The van der Waals surface area contributed by atoms with Crippen molar-refractivity contribution in [2.75, 3.05) is 13.1 Å². The van der Waals surface area contributed by atoms with Crippen LogP contribution >= 0.6 is 0 Å². The number of nitrogens with zero attached hydrogens (tertiary/aromatic N) is 3. The van der Waals surface area contributed by atoms with Crippen LogP contribution in [0.3, 0.4) is 0 Å². The molecule has 7 heteroatoms. The van der Waals surface area contributed by atoms with Crippen LogP contribution in [-0.2, 0) is 16.6 Å². The van der Waals surface area contributed by atoms with E-state index in [1.165, 1.54) is 5.69 Å². The lowest BCUT2D eigenvalue weighted by molar-refractivity contribution is 0.135. The van der Waals surface area contributed by atoms with Crippen LogP contribution in [-0.4, -0.2) is 42.2 Å². The second kappa shape index (κ2) is 7.04. The summed E-state index contributed by atoms with van der Waals surface area (Å²) in [5.74, 6) is 0. The average Bonchev–Trinajstić information content (AvgIpc) is 3.04. The first kappa shape index (κ1) is 17.1. The Labute approximate surface area is 143 Å². The molecule has 3 rings (SSSR count). The zero-order chi connectivity index (χ0) is 17.2. The maximum atomic E-state index is 12.3. The quantitative estimate of drug-likeness (QED) is 0.867. The molecule has 2 heterocycles. The van der Waals surface area contributed by atoms with Crippen molar-refractivity contribution in [2.24, 2.45) is 0 Å². The van der Waals surface area contributed by atoms with Gasteiger partial charge in [0.25, 0.3) is 0 Å². The van der Waals surface area contributed by atoms with Gasteiger partial charge in [-0.3, -0.25) is 9.58 Å². The van der Waals surface area contributed by atoms with Crippen molar-refractivity contribution in [1.82, 2.24) is 19.4 Å². The van der Waals surface area contributed by atoms with Crippen molar-refractivity contribution >= 4 is 10.0 Å². The van der Waals surface area contributed by atoms with Crippen molar-refractivity contribution in [3.8, 4) is 0 Å². The van der Waals surface area contributed by atoms with E-state index in [-0.39, 0.29) is 6.04 Å². The number of hydrogen-bond donors (Lipinski definition) is 1. The Bertz CT molecular complexity index is 771. The van der Waals surface area contributed by atoms with Gasteiger partial charge in [-0.15, -0.1) is 0 Å². The molecule has 0 saturated heterocycles. The maximum absolute atomic E-state index is 12.3. The van der Waals surface area contributed by atoms with Crippen molar-refractivity contribution in [2.45, 2.75) is 43.8 Å². The largest absolute Gasteiger partial charge is 0.293 e. The number of aromatic nitrogens is 2. The number of nitrogens with one attached hydrogen (secondary N) is 1. The van der Waals surface area contributed by atoms with Gasteiger partial charge in [-0.1, -0.05) is 18.2 Å². The predicted octanol–water partition coefficient (Wildman–Crippen LogP) is 2.02. The van der Waals surface area contributed by atoms with Crippen molar-refractivity contribution in [1.29, 1.82) is 0 Å². The molecule has 1 unspecified atom stereocenters. The number of benzene rings is 1. The minimum atomic E-state index is -3.45. The van der Waals surface area contributed by atoms with Crippen molar-refractivity contribution in [3.63, 3.8) is 0 Å². The minimum absolute atomic E-state index is 0.185. The third-order valence-electron chi connectivity index (χ3n) is 4.46. The predicted molar refractivity (Wildman–Crippen MR) is 93.1 cm³/mol. The van der Waals surface area contributed by atoms with E-state index in [0.717, 1.165) is 13.1 Å². The fourth-order valence-electron chi connectivity index (χ4n) is 3.07. The second-order valence-electron chi connectivity index (χ2n) is 6.44. The SMILES string of the molecule is CC(C)N1Cc2ccnn2C(CCNS(=O)(=O)c2ccccc2)C1. The molecule has 2 aromatic rings. The molecular weight excluding hydrogens is 324 g/mol. The van der Waals surface area contributed by atoms with Crippen LogP contribution in [0.15, 0.2) is 47.5 Å². The molecule has 1 aliphatic heterocycles. The van der Waals surface area contributed by atoms with E-state index in [9.17, 15) is 8.42 Å². The molecule has 1 N–H and O–H groups in total. The third-order valence-corrected chi connectivity index (χ3v) is 5.94. The van der Waals surface area contributed by atoms with E-state index < -0.39 is 10.0 Å². The van der Waals surface area contributed by atoms with E-state index in [0.29, 0.717) is 23.9 Å². The van der Waals surface area contributed by atoms with Gasteiger partial charge in [0.1, 0.15) is 0 Å². The second-order valence-corrected chi connectivity index (χ2v) is 8.21. The molecule has 24 heavy (non-hydrogen) atoms. The van der Waals surface area contributed by atoms with Crippen molar-refractivity contribution < 1.29 is 8.42 Å². The molecule has 0 saturated carbocycles. The molecule has 0 amide bonds. The van der Waals surface area contributed by atoms with Gasteiger partial charge in [0.05, 0.1) is 16.6 Å². The lowest BCUT2D eigenvalue weighted by atomic mass is 10.1. The Morgan fingerprint density at radius 1 is 1.25 bits per heavy atom. The van der Waals surface area contributed by atoms with Crippen LogP contribution in [0.25, 0.3) is 0 Å². The summed E-state index contributed by atoms with van der Waals surface area (Å²) in [6.07, 6.45) is 2.53. The number of fused-ring (bicyclic) bond motifs is 1. The molecule has 6 nitrogen and oxygen atoms in total. The van der Waals surface area contributed by atoms with Gasteiger partial charge in [-0.25, -0.2) is 13.1 Å². The zero-order valence-corrected chi connectivity index (χ0v) is 14.9. The Hall–Kier alpha value is -1.70. The summed E-state index contributed by atoms with van der Waals surface area (Å²) in [5.41, 5.74) is 1.19. The Kier molecular flexibility index (Phi) is 5.03. The lowest BCUT2D eigenvalue weighted by Gasteiger charge is -2.36. The van der Waals surface area contributed by atoms with Crippen LogP contribution in [0.2, 0.25) is 0 Å². The smallest absolute Gasteiger partial charge is 0.240 e. The van der Waals surface area contributed by atoms with Crippen LogP contribution in [0.4, 0.5) is 0 Å². The zero-order valence-electron chi connectivity index (χ0n) is 14.1. The van der Waals surface area contributed by atoms with Gasteiger partial charge in [0.15, 0.2) is 0 Å². The summed E-state index contributed by atoms with van der Waals surface area (Å²) in [4.78, 5) is 2.70. The van der Waals surface area contributed by atoms with Crippen molar-refractivity contribution in [3.05, 3.63) is 48.3 Å². The summed E-state index contributed by atoms with van der Waals surface area (Å²) in [6.45, 7) is 6.54. The van der Waals surface area contributed by atoms with Gasteiger partial charge < -0.3 is 0 Å². The number of hydrogen-bond acceptors (Lipinski definition) is 4. The highest BCUT2D eigenvalue weighted by Crippen LogP contribution is 2.24. The van der Waals surface area contributed by atoms with Crippen LogP contribution < -0.4 is 4.72 Å². The lowest BCUT2D eigenvalue weighted by Crippen LogP contribution is -2.42. The average molecular weight is 348 g/mol. The topological polar surface area (TPSA) is 67.2 Å². The Morgan fingerprint density at radius 3 is 2.71 bits per heavy atom. The molecule has 1 aliphatic rings. The summed E-state index contributed by atoms with van der Waals surface area (Å²) < 4.78 is 29.3. The Balaban J connectivity index is 1.65. The molecule has 0 bridgehead atoms. The number of rotatable bonds is 6. The fraction of sp³-hybridized carbons (Fsp3) is 0.471. The van der Waals surface area contributed by atoms with Crippen LogP contribution in [0, 0.1) is 0 Å². The Morgan fingerprint density at radius 2 is 2.00 bits per heavy atom. The van der Waals surface area contributed by atoms with E-state index in [4.69, 9.17) is 0 Å². The molecule has 1 aromatic carbocycles. The van der Waals surface area contributed by atoms with E-state index >= 15 is 0 Å². The summed E-state index contributed by atoms with van der Waals surface area (Å²) in [6, 6.07) is 11.2. The molecule has 0 aliphatic carbocycles. The van der Waals surface area contributed by atoms with Gasteiger partial charge >= 0.3 is 0 Å². The summed E-state index contributed by atoms with van der Waals surface area (Å²) in [7, 11) is -3.45. The first-order valence-electron chi connectivity index (χ1n) is 8.28. The first-order valence-corrected chi connectivity index (χ1v) is 9.77. The maximum Gasteiger partial charge on any atom is 0.240 e. The van der Waals surface area contributed by atoms with Gasteiger partial charge in [-0.2, -0.15) is 5.10 Å². The molecule has 0 spiro atoms. The van der Waals surface area contributed by atoms with E-state index in [1.54, 1.807) is 30.3 Å². The standard InChI is InChI=1S/C17H24N4O2S/c1-14(2)20-12-15-8-10-18-21(15)16(13-20)9-11-19-24(22,23)17-6-4-3-5-7-17/h3-8,10,14,16,19H,9,11-13H2,1-2H3. The van der Waals surface area contributed by atoms with E-state index in [1.807, 2.05) is 16.9 Å². The monoisotopic (exact) mass is 348 g/mol. The van der Waals surface area contributed by atoms with Gasteiger partial charge in [-0.05, 0) is 38.5 Å². The fourth-order valence-corrected chi connectivity index (χ4v) is 4.13. The third kappa shape index (κ3) is 3.68. The minimum Gasteiger partial charge on any atom is -0.293 e. The molecule has 1 aromatic heterocycles. The summed E-state index contributed by atoms with van der Waals surface area (Å²) >= 11 is 0. The molecule has 0 fully saturated rings. The van der Waals surface area contributed by atoms with Gasteiger partial charge in [0.2, 0.25) is 10.0 Å². The molecule has 1 atom stereocenters. The highest BCUT2D eigenvalue weighted by atomic mass is 32.2. The molecule has 130 valence electrons. The van der Waals surface area contributed by atoms with Crippen LogP contribution in [0.1, 0.15) is 32.0 Å². The number of sulfonamides is 1. The van der Waals surface area contributed by atoms with Crippen LogP contribution in [0.5, 0.6) is 0 Å². The molecule has 0 radical (unpaired) electrons. The van der Waals surface area contributed by atoms with Gasteiger partial charge in [0, 0.05) is 31.9 Å². The van der Waals surface area contributed by atoms with E-state index in [2.05, 4.69) is 28.6 Å². The summed E-state index contributed by atoms with van der Waals surface area (Å²) in [5, 5.41) is 4.42. The first-order chi connectivity index (χ1) is 11.5. The highest BCUT2D eigenvalue weighted by molar-refractivity contribution is 7.89. The highest BCUT2D eigenvalue weighted by Gasteiger charge is 2.27. The molecular formula is C17H24N4O2S. The normalized spacial score (nSPS) is 18.7.